The van der Waals surface area contributed by atoms with Crippen LogP contribution in [0.1, 0.15) is 13.3 Å². The Hall–Kier alpha value is -2.31. The highest BCUT2D eigenvalue weighted by atomic mass is 19.1. The number of carbonyl (C=O) groups excluding carboxylic acids is 1. The standard InChI is InChI=1S/C12H17FN4O2/c1-2-17(8-7-11(14)16-19)12(18)15-10-6-4-3-5-9(10)13/h3-6,19H,2,7-8H2,1H3,(H2,14,16)(H,15,18). The molecule has 2 amide bonds. The fourth-order valence-corrected chi connectivity index (χ4v) is 1.46. The average molecular weight is 268 g/mol. The van der Waals surface area contributed by atoms with E-state index in [-0.39, 0.29) is 24.5 Å². The lowest BCUT2D eigenvalue weighted by Gasteiger charge is -2.21. The molecule has 0 aliphatic carbocycles. The number of anilines is 1. The number of halogens is 1. The monoisotopic (exact) mass is 268 g/mol. The summed E-state index contributed by atoms with van der Waals surface area (Å²) in [5.41, 5.74) is 5.45. The topological polar surface area (TPSA) is 90.9 Å². The maximum atomic E-state index is 13.4. The van der Waals surface area contributed by atoms with Gasteiger partial charge in [0, 0.05) is 19.5 Å². The van der Waals surface area contributed by atoms with Crippen molar-refractivity contribution >= 4 is 17.6 Å². The second-order valence-corrected chi connectivity index (χ2v) is 3.83. The molecule has 19 heavy (non-hydrogen) atoms. The summed E-state index contributed by atoms with van der Waals surface area (Å²) < 4.78 is 13.4. The van der Waals surface area contributed by atoms with E-state index in [2.05, 4.69) is 10.5 Å². The van der Waals surface area contributed by atoms with Crippen LogP contribution in [-0.2, 0) is 0 Å². The van der Waals surface area contributed by atoms with Gasteiger partial charge in [0.15, 0.2) is 0 Å². The Balaban J connectivity index is 2.62. The molecule has 104 valence electrons. The van der Waals surface area contributed by atoms with Gasteiger partial charge in [-0.1, -0.05) is 17.3 Å². The molecule has 4 N–H and O–H groups in total. The second-order valence-electron chi connectivity index (χ2n) is 3.83. The number of amidine groups is 1. The van der Waals surface area contributed by atoms with Crippen molar-refractivity contribution in [3.63, 3.8) is 0 Å². The molecule has 1 rings (SSSR count). The SMILES string of the molecule is CCN(CCC(N)=NO)C(=O)Nc1ccccc1F. The van der Waals surface area contributed by atoms with E-state index in [1.807, 2.05) is 0 Å². The highest BCUT2D eigenvalue weighted by Crippen LogP contribution is 2.13. The number of nitrogens with zero attached hydrogens (tertiary/aromatic N) is 2. The first-order chi connectivity index (χ1) is 9.08. The van der Waals surface area contributed by atoms with Crippen LogP contribution in [0.4, 0.5) is 14.9 Å². The predicted molar refractivity (Wildman–Crippen MR) is 70.7 cm³/mol. The first-order valence-corrected chi connectivity index (χ1v) is 5.85. The minimum Gasteiger partial charge on any atom is -0.409 e. The van der Waals surface area contributed by atoms with E-state index in [9.17, 15) is 9.18 Å². The normalized spacial score (nSPS) is 11.2. The summed E-state index contributed by atoms with van der Waals surface area (Å²) in [4.78, 5) is 13.3. The Morgan fingerprint density at radius 2 is 2.21 bits per heavy atom. The van der Waals surface area contributed by atoms with E-state index in [4.69, 9.17) is 10.9 Å². The zero-order chi connectivity index (χ0) is 14.3. The van der Waals surface area contributed by atoms with Gasteiger partial charge in [-0.05, 0) is 19.1 Å². The highest BCUT2D eigenvalue weighted by molar-refractivity contribution is 5.90. The summed E-state index contributed by atoms with van der Waals surface area (Å²) in [5, 5.41) is 13.7. The number of amides is 2. The highest BCUT2D eigenvalue weighted by Gasteiger charge is 2.13. The van der Waals surface area contributed by atoms with E-state index >= 15 is 0 Å². The molecule has 0 unspecified atom stereocenters. The van der Waals surface area contributed by atoms with Gasteiger partial charge < -0.3 is 21.2 Å². The van der Waals surface area contributed by atoms with Gasteiger partial charge in [0.1, 0.15) is 11.7 Å². The molecule has 0 aromatic heterocycles. The maximum Gasteiger partial charge on any atom is 0.321 e. The zero-order valence-electron chi connectivity index (χ0n) is 10.6. The molecule has 1 aromatic rings. The largest absolute Gasteiger partial charge is 0.409 e. The Bertz CT molecular complexity index is 465. The van der Waals surface area contributed by atoms with Crippen LogP contribution < -0.4 is 11.1 Å². The molecular weight excluding hydrogens is 251 g/mol. The van der Waals surface area contributed by atoms with Gasteiger partial charge in [-0.2, -0.15) is 0 Å². The number of carbonyl (C=O) groups is 1. The van der Waals surface area contributed by atoms with Crippen molar-refractivity contribution < 1.29 is 14.4 Å². The van der Waals surface area contributed by atoms with Crippen molar-refractivity contribution in [2.75, 3.05) is 18.4 Å². The van der Waals surface area contributed by atoms with E-state index in [1.165, 1.54) is 17.0 Å². The van der Waals surface area contributed by atoms with E-state index in [0.717, 1.165) is 0 Å². The third kappa shape index (κ3) is 4.46. The zero-order valence-corrected chi connectivity index (χ0v) is 10.6. The minimum absolute atomic E-state index is 0.0390. The van der Waals surface area contributed by atoms with Crippen LogP contribution in [0, 0.1) is 5.82 Å². The molecule has 0 spiro atoms. The fraction of sp³-hybridized carbons (Fsp3) is 0.333. The van der Waals surface area contributed by atoms with Gasteiger partial charge in [0.05, 0.1) is 5.69 Å². The van der Waals surface area contributed by atoms with Gasteiger partial charge >= 0.3 is 6.03 Å². The summed E-state index contributed by atoms with van der Waals surface area (Å²) in [6, 6.07) is 5.48. The lowest BCUT2D eigenvalue weighted by Crippen LogP contribution is -2.37. The Labute approximate surface area is 110 Å². The van der Waals surface area contributed by atoms with E-state index in [0.29, 0.717) is 6.54 Å². The molecule has 0 saturated carbocycles. The van der Waals surface area contributed by atoms with Gasteiger partial charge in [0.2, 0.25) is 0 Å². The molecule has 6 nitrogen and oxygen atoms in total. The number of oxime groups is 1. The lowest BCUT2D eigenvalue weighted by molar-refractivity contribution is 0.215. The quantitative estimate of drug-likeness (QED) is 0.329. The third-order valence-corrected chi connectivity index (χ3v) is 2.55. The molecule has 0 bridgehead atoms. The molecule has 0 aliphatic rings. The summed E-state index contributed by atoms with van der Waals surface area (Å²) >= 11 is 0. The fourth-order valence-electron chi connectivity index (χ4n) is 1.46. The maximum absolute atomic E-state index is 13.4. The van der Waals surface area contributed by atoms with Crippen molar-refractivity contribution in [2.45, 2.75) is 13.3 Å². The van der Waals surface area contributed by atoms with Crippen LogP contribution in [0.2, 0.25) is 0 Å². The molecular formula is C12H17FN4O2. The molecule has 0 saturated heterocycles. The van der Waals surface area contributed by atoms with Crippen LogP contribution in [0.5, 0.6) is 0 Å². The molecule has 0 radical (unpaired) electrons. The molecule has 0 aliphatic heterocycles. The number of para-hydroxylation sites is 1. The summed E-state index contributed by atoms with van der Waals surface area (Å²) in [7, 11) is 0. The van der Waals surface area contributed by atoms with Gasteiger partial charge in [-0.25, -0.2) is 9.18 Å². The smallest absolute Gasteiger partial charge is 0.321 e. The van der Waals surface area contributed by atoms with E-state index < -0.39 is 11.8 Å². The number of hydrogen-bond acceptors (Lipinski definition) is 3. The van der Waals surface area contributed by atoms with Crippen LogP contribution >= 0.6 is 0 Å². The number of rotatable bonds is 5. The van der Waals surface area contributed by atoms with Crippen molar-refractivity contribution in [2.24, 2.45) is 10.9 Å². The number of nitrogens with two attached hydrogens (primary N) is 1. The van der Waals surface area contributed by atoms with Crippen LogP contribution in [0.15, 0.2) is 29.4 Å². The number of benzene rings is 1. The van der Waals surface area contributed by atoms with Gasteiger partial charge in [-0.3, -0.25) is 0 Å². The lowest BCUT2D eigenvalue weighted by atomic mass is 10.3. The molecule has 0 atom stereocenters. The Morgan fingerprint density at radius 1 is 1.53 bits per heavy atom. The van der Waals surface area contributed by atoms with Crippen LogP contribution in [0.3, 0.4) is 0 Å². The summed E-state index contributed by atoms with van der Waals surface area (Å²) in [5.74, 6) is -0.458. The Morgan fingerprint density at radius 3 is 2.79 bits per heavy atom. The molecule has 1 aromatic carbocycles. The van der Waals surface area contributed by atoms with Crippen molar-refractivity contribution in [3.05, 3.63) is 30.1 Å². The van der Waals surface area contributed by atoms with Crippen LogP contribution in [-0.4, -0.2) is 35.1 Å². The summed E-state index contributed by atoms with van der Waals surface area (Å²) in [6.45, 7) is 2.50. The number of urea groups is 1. The number of hydrogen-bond donors (Lipinski definition) is 3. The van der Waals surface area contributed by atoms with Crippen LogP contribution in [0.25, 0.3) is 0 Å². The first kappa shape index (κ1) is 14.7. The van der Waals surface area contributed by atoms with Crippen molar-refractivity contribution in [1.82, 2.24) is 4.90 Å². The predicted octanol–water partition coefficient (Wildman–Crippen LogP) is 1.82. The summed E-state index contributed by atoms with van der Waals surface area (Å²) in [6.07, 6.45) is 0.245. The van der Waals surface area contributed by atoms with Crippen molar-refractivity contribution in [1.29, 1.82) is 0 Å². The molecule has 0 heterocycles. The van der Waals surface area contributed by atoms with Gasteiger partial charge in [-0.15, -0.1) is 0 Å². The second kappa shape index (κ2) is 7.20. The van der Waals surface area contributed by atoms with E-state index in [1.54, 1.807) is 19.1 Å². The average Bonchev–Trinajstić information content (AvgIpc) is 2.41. The Kier molecular flexibility index (Phi) is 5.59. The third-order valence-electron chi connectivity index (χ3n) is 2.55. The molecule has 0 fully saturated rings. The van der Waals surface area contributed by atoms with Crippen molar-refractivity contribution in [3.8, 4) is 0 Å². The first-order valence-electron chi connectivity index (χ1n) is 5.85. The minimum atomic E-state index is -0.497. The van der Waals surface area contributed by atoms with Gasteiger partial charge in [0.25, 0.3) is 0 Å². The molecule has 7 heteroatoms. The number of nitrogens with one attached hydrogen (secondary N) is 1.